The number of esters is 1. The average Bonchev–Trinajstić information content (AvgIpc) is 2.37. The lowest BCUT2D eigenvalue weighted by atomic mass is 10.1. The molecule has 18 heavy (non-hydrogen) atoms. The van der Waals surface area contributed by atoms with Crippen LogP contribution in [0.2, 0.25) is 0 Å². The highest BCUT2D eigenvalue weighted by Gasteiger charge is 2.02. The third-order valence-corrected chi connectivity index (χ3v) is 2.72. The number of carbonyl (C=O) groups is 2. The van der Waals surface area contributed by atoms with Crippen molar-refractivity contribution < 1.29 is 19.1 Å². The van der Waals surface area contributed by atoms with Gasteiger partial charge in [-0.15, -0.1) is 0 Å². The fraction of sp³-hybridized carbons (Fsp3) is 0.857. The van der Waals surface area contributed by atoms with Gasteiger partial charge in [-0.25, -0.2) is 0 Å². The maximum absolute atomic E-state index is 11.3. The Morgan fingerprint density at radius 2 is 1.61 bits per heavy atom. The Bertz CT molecular complexity index is 204. The number of hydrogen-bond acceptors (Lipinski definition) is 4. The van der Waals surface area contributed by atoms with E-state index in [2.05, 4.69) is 11.7 Å². The van der Waals surface area contributed by atoms with Gasteiger partial charge in [0.2, 0.25) is 0 Å². The second kappa shape index (κ2) is 14.0. The molecule has 0 heterocycles. The number of carbonyl (C=O) groups excluding carboxylic acids is 2. The van der Waals surface area contributed by atoms with Gasteiger partial charge < -0.3 is 9.47 Å². The van der Waals surface area contributed by atoms with Gasteiger partial charge in [0.1, 0.15) is 0 Å². The first-order valence-corrected chi connectivity index (χ1v) is 7.02. The molecule has 0 fully saturated rings. The molecule has 106 valence electrons. The summed E-state index contributed by atoms with van der Waals surface area (Å²) in [6.07, 6.45) is 8.85. The van der Waals surface area contributed by atoms with Crippen molar-refractivity contribution in [2.24, 2.45) is 0 Å². The number of rotatable bonds is 13. The summed E-state index contributed by atoms with van der Waals surface area (Å²) in [6, 6.07) is 0. The molecular weight excluding hydrogens is 232 g/mol. The lowest BCUT2D eigenvalue weighted by molar-refractivity contribution is -0.143. The Balaban J connectivity index is 3.14. The fourth-order valence-corrected chi connectivity index (χ4v) is 1.64. The second-order valence-corrected chi connectivity index (χ2v) is 4.41. The molecule has 0 saturated heterocycles. The molecule has 0 atom stereocenters. The van der Waals surface area contributed by atoms with E-state index in [1.165, 1.54) is 19.3 Å². The molecule has 0 saturated carbocycles. The largest absolute Gasteiger partial charge is 0.468 e. The van der Waals surface area contributed by atoms with Crippen LogP contribution in [0.1, 0.15) is 64.7 Å². The molecule has 0 N–H and O–H groups in total. The van der Waals surface area contributed by atoms with E-state index in [-0.39, 0.29) is 5.97 Å². The van der Waals surface area contributed by atoms with Crippen molar-refractivity contribution in [1.29, 1.82) is 0 Å². The monoisotopic (exact) mass is 258 g/mol. The van der Waals surface area contributed by atoms with Crippen molar-refractivity contribution in [2.45, 2.75) is 64.7 Å². The lowest BCUT2D eigenvalue weighted by Crippen LogP contribution is -2.06. The van der Waals surface area contributed by atoms with Gasteiger partial charge in [-0.3, -0.25) is 9.59 Å². The molecule has 0 rings (SSSR count). The van der Waals surface area contributed by atoms with Crippen LogP contribution in [0.4, 0.5) is 0 Å². The van der Waals surface area contributed by atoms with Crippen molar-refractivity contribution in [1.82, 2.24) is 0 Å². The third-order valence-electron chi connectivity index (χ3n) is 2.72. The zero-order chi connectivity index (χ0) is 13.5. The molecule has 0 aliphatic rings. The quantitative estimate of drug-likeness (QED) is 0.289. The summed E-state index contributed by atoms with van der Waals surface area (Å²) in [5.41, 5.74) is 0. The summed E-state index contributed by atoms with van der Waals surface area (Å²) in [5, 5.41) is 0. The summed E-state index contributed by atoms with van der Waals surface area (Å²) >= 11 is 0. The summed E-state index contributed by atoms with van der Waals surface area (Å²) in [5.74, 6) is -0.0874. The molecule has 0 amide bonds. The van der Waals surface area contributed by atoms with E-state index in [1.54, 1.807) is 0 Å². The fourth-order valence-electron chi connectivity index (χ4n) is 1.64. The first-order chi connectivity index (χ1) is 8.81. The van der Waals surface area contributed by atoms with Gasteiger partial charge in [0.05, 0.1) is 13.2 Å². The SMILES string of the molecule is CCCCCCCC(=O)OCCCCCOC=O. The summed E-state index contributed by atoms with van der Waals surface area (Å²) < 4.78 is 9.66. The van der Waals surface area contributed by atoms with Crippen molar-refractivity contribution in [3.05, 3.63) is 0 Å². The highest BCUT2D eigenvalue weighted by Crippen LogP contribution is 2.06. The predicted molar refractivity (Wildman–Crippen MR) is 70.2 cm³/mol. The van der Waals surface area contributed by atoms with Crippen molar-refractivity contribution in [3.8, 4) is 0 Å². The highest BCUT2D eigenvalue weighted by molar-refractivity contribution is 5.69. The maximum Gasteiger partial charge on any atom is 0.305 e. The van der Waals surface area contributed by atoms with E-state index in [9.17, 15) is 9.59 Å². The van der Waals surface area contributed by atoms with Crippen LogP contribution >= 0.6 is 0 Å². The van der Waals surface area contributed by atoms with E-state index in [4.69, 9.17) is 4.74 Å². The minimum absolute atomic E-state index is 0.0874. The van der Waals surface area contributed by atoms with E-state index in [1.807, 2.05) is 0 Å². The minimum Gasteiger partial charge on any atom is -0.468 e. The van der Waals surface area contributed by atoms with Gasteiger partial charge in [-0.2, -0.15) is 0 Å². The standard InChI is InChI=1S/C14H26O4/c1-2-3-4-5-7-10-14(16)18-12-9-6-8-11-17-13-15/h13H,2-12H2,1H3. The van der Waals surface area contributed by atoms with Crippen LogP contribution in [-0.4, -0.2) is 25.7 Å². The summed E-state index contributed by atoms with van der Waals surface area (Å²) in [7, 11) is 0. The van der Waals surface area contributed by atoms with Crippen LogP contribution in [0.3, 0.4) is 0 Å². The maximum atomic E-state index is 11.3. The Morgan fingerprint density at radius 1 is 0.944 bits per heavy atom. The lowest BCUT2D eigenvalue weighted by Gasteiger charge is -2.04. The van der Waals surface area contributed by atoms with Crippen LogP contribution in [-0.2, 0) is 19.1 Å². The molecular formula is C14H26O4. The van der Waals surface area contributed by atoms with Gasteiger partial charge >= 0.3 is 5.97 Å². The zero-order valence-corrected chi connectivity index (χ0v) is 11.5. The average molecular weight is 258 g/mol. The Kier molecular flexibility index (Phi) is 13.2. The normalized spacial score (nSPS) is 10.1. The molecule has 0 aliphatic heterocycles. The Labute approximate surface area is 110 Å². The van der Waals surface area contributed by atoms with E-state index in [0.717, 1.165) is 32.1 Å². The van der Waals surface area contributed by atoms with Crippen molar-refractivity contribution in [3.63, 3.8) is 0 Å². The first-order valence-electron chi connectivity index (χ1n) is 7.02. The van der Waals surface area contributed by atoms with Gasteiger partial charge in [-0.05, 0) is 25.7 Å². The van der Waals surface area contributed by atoms with Gasteiger partial charge in [0, 0.05) is 6.42 Å². The molecule has 0 spiro atoms. The van der Waals surface area contributed by atoms with Gasteiger partial charge in [-0.1, -0.05) is 32.6 Å². The predicted octanol–water partition coefficient (Wildman–Crippen LogP) is 3.23. The van der Waals surface area contributed by atoms with Crippen LogP contribution in [0.15, 0.2) is 0 Å². The van der Waals surface area contributed by atoms with E-state index < -0.39 is 0 Å². The van der Waals surface area contributed by atoms with Gasteiger partial charge in [0.25, 0.3) is 6.47 Å². The molecule has 0 bridgehead atoms. The summed E-state index contributed by atoms with van der Waals surface area (Å²) in [6.45, 7) is 3.57. The third kappa shape index (κ3) is 13.0. The Hall–Kier alpha value is -1.06. The van der Waals surface area contributed by atoms with Crippen molar-refractivity contribution >= 4 is 12.4 Å². The summed E-state index contributed by atoms with van der Waals surface area (Å²) in [4.78, 5) is 21.2. The topological polar surface area (TPSA) is 52.6 Å². The zero-order valence-electron chi connectivity index (χ0n) is 11.5. The number of ether oxygens (including phenoxy) is 2. The second-order valence-electron chi connectivity index (χ2n) is 4.41. The van der Waals surface area contributed by atoms with Crippen LogP contribution < -0.4 is 0 Å². The molecule has 0 radical (unpaired) electrons. The van der Waals surface area contributed by atoms with Crippen LogP contribution in [0.25, 0.3) is 0 Å². The molecule has 4 heteroatoms. The van der Waals surface area contributed by atoms with E-state index >= 15 is 0 Å². The minimum atomic E-state index is -0.0874. The molecule has 0 aliphatic carbocycles. The van der Waals surface area contributed by atoms with Crippen LogP contribution in [0, 0.1) is 0 Å². The van der Waals surface area contributed by atoms with Crippen molar-refractivity contribution in [2.75, 3.05) is 13.2 Å². The molecule has 4 nitrogen and oxygen atoms in total. The molecule has 0 unspecified atom stereocenters. The molecule has 0 aromatic heterocycles. The van der Waals surface area contributed by atoms with Crippen LogP contribution in [0.5, 0.6) is 0 Å². The molecule has 0 aromatic rings. The number of unbranched alkanes of at least 4 members (excludes halogenated alkanes) is 6. The Morgan fingerprint density at radius 3 is 2.33 bits per heavy atom. The first kappa shape index (κ1) is 16.9. The van der Waals surface area contributed by atoms with Gasteiger partial charge in [0.15, 0.2) is 0 Å². The number of hydrogen-bond donors (Lipinski definition) is 0. The molecule has 0 aromatic carbocycles. The highest BCUT2D eigenvalue weighted by atomic mass is 16.5. The smallest absolute Gasteiger partial charge is 0.305 e. The van der Waals surface area contributed by atoms with E-state index in [0.29, 0.717) is 26.1 Å².